The van der Waals surface area contributed by atoms with Crippen LogP contribution in [0.15, 0.2) is 30.5 Å². The van der Waals surface area contributed by atoms with Crippen LogP contribution in [-0.4, -0.2) is 11.0 Å². The van der Waals surface area contributed by atoms with Crippen molar-refractivity contribution in [1.29, 1.82) is 0 Å². The molecule has 3 rings (SSSR count). The van der Waals surface area contributed by atoms with Crippen molar-refractivity contribution in [3.8, 4) is 0 Å². The van der Waals surface area contributed by atoms with Crippen molar-refractivity contribution < 1.29 is 0 Å². The molecule has 1 aromatic heterocycles. The van der Waals surface area contributed by atoms with Crippen LogP contribution in [-0.2, 0) is 6.54 Å². The van der Waals surface area contributed by atoms with Gasteiger partial charge in [0, 0.05) is 24.3 Å². The first kappa shape index (κ1) is 12.7. The van der Waals surface area contributed by atoms with Gasteiger partial charge in [-0.25, -0.2) is 0 Å². The monoisotopic (exact) mass is 256 g/mol. The highest BCUT2D eigenvalue weighted by atomic mass is 14.9. The Bertz CT molecular complexity index is 529. The fraction of sp³-hybridized carbons (Fsp3) is 0.529. The van der Waals surface area contributed by atoms with Crippen LogP contribution in [0, 0.1) is 5.92 Å². The Kier molecular flexibility index (Phi) is 3.88. The molecule has 1 heterocycles. The molecule has 0 radical (unpaired) electrons. The summed E-state index contributed by atoms with van der Waals surface area (Å²) >= 11 is 0. The summed E-state index contributed by atoms with van der Waals surface area (Å²) in [5, 5.41) is 5.10. The lowest BCUT2D eigenvalue weighted by Gasteiger charge is -2.31. The van der Waals surface area contributed by atoms with E-state index in [0.717, 1.165) is 18.5 Å². The van der Waals surface area contributed by atoms with Gasteiger partial charge in [0.15, 0.2) is 0 Å². The van der Waals surface area contributed by atoms with E-state index in [0.29, 0.717) is 0 Å². The van der Waals surface area contributed by atoms with Gasteiger partial charge in [-0.1, -0.05) is 32.3 Å². The van der Waals surface area contributed by atoms with Crippen LogP contribution in [0.2, 0.25) is 0 Å². The van der Waals surface area contributed by atoms with Crippen molar-refractivity contribution in [3.63, 3.8) is 0 Å². The first-order valence-corrected chi connectivity index (χ1v) is 7.66. The quantitative estimate of drug-likeness (QED) is 0.842. The minimum absolute atomic E-state index is 0.723. The summed E-state index contributed by atoms with van der Waals surface area (Å²) in [5.74, 6) is 0.879. The number of hydrogen-bond donors (Lipinski definition) is 2. The van der Waals surface area contributed by atoms with Crippen LogP contribution in [0.3, 0.4) is 0 Å². The molecule has 0 saturated heterocycles. The zero-order chi connectivity index (χ0) is 13.1. The SMILES string of the molecule is CCC1CCCCC1NCc1ccc2[nH]ccc2c1. The number of benzene rings is 1. The maximum absolute atomic E-state index is 3.79. The zero-order valence-corrected chi connectivity index (χ0v) is 11.8. The van der Waals surface area contributed by atoms with Gasteiger partial charge in [-0.15, -0.1) is 0 Å². The summed E-state index contributed by atoms with van der Waals surface area (Å²) in [6.45, 7) is 3.33. The molecule has 1 aromatic carbocycles. The van der Waals surface area contributed by atoms with Gasteiger partial charge in [0.2, 0.25) is 0 Å². The van der Waals surface area contributed by atoms with E-state index in [1.54, 1.807) is 0 Å². The van der Waals surface area contributed by atoms with E-state index in [1.807, 2.05) is 6.20 Å². The zero-order valence-electron chi connectivity index (χ0n) is 11.8. The van der Waals surface area contributed by atoms with Crippen molar-refractivity contribution in [3.05, 3.63) is 36.0 Å². The molecule has 0 spiro atoms. The molecule has 1 saturated carbocycles. The molecule has 19 heavy (non-hydrogen) atoms. The van der Waals surface area contributed by atoms with Crippen LogP contribution in [0.4, 0.5) is 0 Å². The van der Waals surface area contributed by atoms with Gasteiger partial charge in [0.1, 0.15) is 0 Å². The number of fused-ring (bicyclic) bond motifs is 1. The van der Waals surface area contributed by atoms with Gasteiger partial charge >= 0.3 is 0 Å². The Balaban J connectivity index is 1.64. The number of hydrogen-bond acceptors (Lipinski definition) is 1. The molecule has 2 heteroatoms. The number of aromatic nitrogens is 1. The smallest absolute Gasteiger partial charge is 0.0454 e. The maximum Gasteiger partial charge on any atom is 0.0454 e. The summed E-state index contributed by atoms with van der Waals surface area (Å²) in [4.78, 5) is 3.25. The molecule has 1 aliphatic carbocycles. The van der Waals surface area contributed by atoms with Crippen molar-refractivity contribution in [2.24, 2.45) is 5.92 Å². The van der Waals surface area contributed by atoms with Crippen LogP contribution < -0.4 is 5.32 Å². The molecular weight excluding hydrogens is 232 g/mol. The van der Waals surface area contributed by atoms with E-state index in [1.165, 1.54) is 48.6 Å². The largest absolute Gasteiger partial charge is 0.361 e. The highest BCUT2D eigenvalue weighted by Crippen LogP contribution is 2.27. The fourth-order valence-corrected chi connectivity index (χ4v) is 3.43. The van der Waals surface area contributed by atoms with Crippen molar-refractivity contribution in [1.82, 2.24) is 10.3 Å². The second kappa shape index (κ2) is 5.79. The molecule has 2 atom stereocenters. The number of aromatic amines is 1. The molecule has 0 aliphatic heterocycles. The van der Waals surface area contributed by atoms with Gasteiger partial charge in [0.05, 0.1) is 0 Å². The number of rotatable bonds is 4. The lowest BCUT2D eigenvalue weighted by Crippen LogP contribution is -2.37. The first-order chi connectivity index (χ1) is 9.36. The average Bonchev–Trinajstić information content (AvgIpc) is 2.93. The molecule has 2 unspecified atom stereocenters. The third kappa shape index (κ3) is 2.84. The fourth-order valence-electron chi connectivity index (χ4n) is 3.43. The third-order valence-corrected chi connectivity index (χ3v) is 4.62. The highest BCUT2D eigenvalue weighted by Gasteiger charge is 2.22. The Morgan fingerprint density at radius 1 is 1.21 bits per heavy atom. The topological polar surface area (TPSA) is 27.8 Å². The first-order valence-electron chi connectivity index (χ1n) is 7.66. The number of nitrogens with one attached hydrogen (secondary N) is 2. The standard InChI is InChI=1S/C17H24N2/c1-2-14-5-3-4-6-16(14)19-12-13-7-8-17-15(11-13)9-10-18-17/h7-11,14,16,18-19H,2-6,12H2,1H3. The molecule has 0 amide bonds. The Labute approximate surface area is 115 Å². The molecule has 2 N–H and O–H groups in total. The normalized spacial score (nSPS) is 23.8. The third-order valence-electron chi connectivity index (χ3n) is 4.62. The van der Waals surface area contributed by atoms with E-state index in [-0.39, 0.29) is 0 Å². The summed E-state index contributed by atoms with van der Waals surface area (Å²) in [5.41, 5.74) is 2.63. The lowest BCUT2D eigenvalue weighted by molar-refractivity contribution is 0.254. The summed E-state index contributed by atoms with van der Waals surface area (Å²) < 4.78 is 0. The number of H-pyrrole nitrogens is 1. The van der Waals surface area contributed by atoms with Crippen molar-refractivity contribution in [2.45, 2.75) is 51.6 Å². The predicted octanol–water partition coefficient (Wildman–Crippen LogP) is 4.23. The summed E-state index contributed by atoms with van der Waals surface area (Å²) in [6.07, 6.45) is 8.90. The van der Waals surface area contributed by atoms with E-state index < -0.39 is 0 Å². The Morgan fingerprint density at radius 2 is 2.11 bits per heavy atom. The second-order valence-corrected chi connectivity index (χ2v) is 5.84. The van der Waals surface area contributed by atoms with Gasteiger partial charge in [-0.05, 0) is 47.9 Å². The van der Waals surface area contributed by atoms with Crippen molar-refractivity contribution in [2.75, 3.05) is 0 Å². The van der Waals surface area contributed by atoms with E-state index >= 15 is 0 Å². The predicted molar refractivity (Wildman–Crippen MR) is 81.2 cm³/mol. The van der Waals surface area contributed by atoms with E-state index in [2.05, 4.69) is 41.5 Å². The molecule has 2 nitrogen and oxygen atoms in total. The lowest BCUT2D eigenvalue weighted by atomic mass is 9.83. The molecule has 0 bridgehead atoms. The van der Waals surface area contributed by atoms with Crippen LogP contribution in [0.1, 0.15) is 44.6 Å². The molecular formula is C17H24N2. The molecule has 1 aliphatic rings. The van der Waals surface area contributed by atoms with Crippen LogP contribution >= 0.6 is 0 Å². The van der Waals surface area contributed by atoms with Gasteiger partial charge in [0.25, 0.3) is 0 Å². The van der Waals surface area contributed by atoms with Gasteiger partial charge in [-0.3, -0.25) is 0 Å². The molecule has 2 aromatic rings. The summed E-state index contributed by atoms with van der Waals surface area (Å²) in [6, 6.07) is 9.58. The van der Waals surface area contributed by atoms with Crippen molar-refractivity contribution >= 4 is 10.9 Å². The highest BCUT2D eigenvalue weighted by molar-refractivity contribution is 5.79. The molecule has 102 valence electrons. The van der Waals surface area contributed by atoms with E-state index in [4.69, 9.17) is 0 Å². The Hall–Kier alpha value is -1.28. The Morgan fingerprint density at radius 3 is 3.00 bits per heavy atom. The van der Waals surface area contributed by atoms with Gasteiger partial charge in [-0.2, -0.15) is 0 Å². The minimum Gasteiger partial charge on any atom is -0.361 e. The van der Waals surface area contributed by atoms with Crippen LogP contribution in [0.5, 0.6) is 0 Å². The minimum atomic E-state index is 0.723. The maximum atomic E-state index is 3.79. The van der Waals surface area contributed by atoms with Crippen LogP contribution in [0.25, 0.3) is 10.9 Å². The second-order valence-electron chi connectivity index (χ2n) is 5.84. The van der Waals surface area contributed by atoms with Gasteiger partial charge < -0.3 is 10.3 Å². The average molecular weight is 256 g/mol. The summed E-state index contributed by atoms with van der Waals surface area (Å²) in [7, 11) is 0. The van der Waals surface area contributed by atoms with E-state index in [9.17, 15) is 0 Å². The molecule has 1 fully saturated rings.